The molecule has 37 heavy (non-hydrogen) atoms. The van der Waals surface area contributed by atoms with E-state index in [2.05, 4.69) is 10.5 Å². The molecule has 0 saturated carbocycles. The van der Waals surface area contributed by atoms with Gasteiger partial charge in [0.25, 0.3) is 0 Å². The van der Waals surface area contributed by atoms with Crippen molar-refractivity contribution in [1.82, 2.24) is 0 Å². The van der Waals surface area contributed by atoms with Crippen LogP contribution in [0.3, 0.4) is 0 Å². The van der Waals surface area contributed by atoms with Crippen molar-refractivity contribution in [3.05, 3.63) is 163 Å². The zero-order chi connectivity index (χ0) is 25.3. The van der Waals surface area contributed by atoms with Gasteiger partial charge in [0.2, 0.25) is 7.29 Å². The monoisotopic (exact) mass is 501 g/mol. The molecule has 5 aromatic rings. The molecule has 0 radical (unpaired) electrons. The van der Waals surface area contributed by atoms with E-state index in [0.29, 0.717) is 5.71 Å². The number of hydrogen-bond acceptors (Lipinski definition) is 3. The van der Waals surface area contributed by atoms with Gasteiger partial charge >= 0.3 is 0 Å². The SMILES string of the molecule is O=[P@](Nc1ccccc1)(c1ccccc1)[C@H](/C(=N\Nc1ccccc1)c1ccccc1)c1ccccc1. The molecule has 0 aliphatic heterocycles. The lowest BCUT2D eigenvalue weighted by atomic mass is 10.0. The van der Waals surface area contributed by atoms with E-state index in [0.717, 1.165) is 27.8 Å². The molecule has 0 aliphatic rings. The average molecular weight is 502 g/mol. The largest absolute Gasteiger partial charge is 0.332 e. The second-order valence-electron chi connectivity index (χ2n) is 8.63. The Hall–Kier alpha value is -4.40. The highest BCUT2D eigenvalue weighted by atomic mass is 31.2. The predicted octanol–water partition coefficient (Wildman–Crippen LogP) is 7.96. The number of nitrogens with one attached hydrogen (secondary N) is 2. The molecule has 5 rings (SSSR count). The van der Waals surface area contributed by atoms with E-state index in [9.17, 15) is 0 Å². The fraction of sp³-hybridized carbons (Fsp3) is 0.0312. The van der Waals surface area contributed by atoms with Crippen LogP contribution in [-0.2, 0) is 4.57 Å². The van der Waals surface area contributed by atoms with Crippen molar-refractivity contribution < 1.29 is 4.57 Å². The molecule has 2 N–H and O–H groups in total. The molecule has 0 spiro atoms. The molecule has 182 valence electrons. The third-order valence-electron chi connectivity index (χ3n) is 6.10. The molecular formula is C32H28N3OP. The first kappa shape index (κ1) is 24.3. The molecule has 0 fully saturated rings. The van der Waals surface area contributed by atoms with Gasteiger partial charge in [0.15, 0.2) is 0 Å². The Morgan fingerprint density at radius 1 is 0.568 bits per heavy atom. The summed E-state index contributed by atoms with van der Waals surface area (Å²) in [5.41, 5.74) is 6.78. The maximum absolute atomic E-state index is 15.5. The number of rotatable bonds is 9. The Balaban J connectivity index is 1.74. The van der Waals surface area contributed by atoms with Crippen molar-refractivity contribution in [3.63, 3.8) is 0 Å². The van der Waals surface area contributed by atoms with Crippen molar-refractivity contribution in [2.24, 2.45) is 5.10 Å². The van der Waals surface area contributed by atoms with Crippen LogP contribution in [-0.4, -0.2) is 5.71 Å². The van der Waals surface area contributed by atoms with Crippen molar-refractivity contribution >= 4 is 29.7 Å². The number of hydrogen-bond donors (Lipinski definition) is 2. The van der Waals surface area contributed by atoms with Crippen LogP contribution in [0.1, 0.15) is 16.8 Å². The van der Waals surface area contributed by atoms with Crippen LogP contribution in [0.15, 0.2) is 157 Å². The van der Waals surface area contributed by atoms with Gasteiger partial charge in [-0.05, 0) is 47.5 Å². The van der Waals surface area contributed by atoms with Gasteiger partial charge in [-0.15, -0.1) is 0 Å². The summed E-state index contributed by atoms with van der Waals surface area (Å²) in [5.74, 6) is 0. The molecule has 5 heteroatoms. The van der Waals surface area contributed by atoms with Crippen LogP contribution >= 0.6 is 7.29 Å². The number of nitrogens with zero attached hydrogens (tertiary/aromatic N) is 1. The summed E-state index contributed by atoms with van der Waals surface area (Å²) in [5, 5.41) is 9.13. The van der Waals surface area contributed by atoms with Crippen molar-refractivity contribution in [2.75, 3.05) is 10.5 Å². The number of benzene rings is 5. The Kier molecular flexibility index (Phi) is 7.59. The maximum Gasteiger partial charge on any atom is 0.211 e. The topological polar surface area (TPSA) is 53.5 Å². The fourth-order valence-electron chi connectivity index (χ4n) is 4.34. The van der Waals surface area contributed by atoms with Crippen molar-refractivity contribution in [3.8, 4) is 0 Å². The van der Waals surface area contributed by atoms with E-state index in [-0.39, 0.29) is 0 Å². The summed E-state index contributed by atoms with van der Waals surface area (Å²) in [4.78, 5) is 0. The zero-order valence-corrected chi connectivity index (χ0v) is 21.2. The van der Waals surface area contributed by atoms with Crippen molar-refractivity contribution in [1.29, 1.82) is 0 Å². The fourth-order valence-corrected chi connectivity index (χ4v) is 7.18. The van der Waals surface area contributed by atoms with E-state index >= 15 is 4.57 Å². The summed E-state index contributed by atoms with van der Waals surface area (Å²) < 4.78 is 15.5. The first-order valence-corrected chi connectivity index (χ1v) is 14.0. The maximum atomic E-state index is 15.5. The average Bonchev–Trinajstić information content (AvgIpc) is 2.97. The van der Waals surface area contributed by atoms with Gasteiger partial charge in [-0.3, -0.25) is 9.99 Å². The zero-order valence-electron chi connectivity index (χ0n) is 20.3. The lowest BCUT2D eigenvalue weighted by molar-refractivity contribution is 0.582. The standard InChI is InChI=1S/C32H28N3OP/c36-37(30-24-14-5-15-25-30,35-29-22-12-4-13-23-29)32(27-18-8-2-9-19-27)31(26-16-6-1-7-17-26)34-33-28-20-10-3-11-21-28/h1-25,32-33H,(H,35,36)/b34-31-/t32-,37+/m0/s1. The van der Waals surface area contributed by atoms with Crippen LogP contribution in [0.4, 0.5) is 11.4 Å². The Bertz CT molecular complexity index is 1480. The van der Waals surface area contributed by atoms with Gasteiger partial charge in [0.1, 0.15) is 5.66 Å². The van der Waals surface area contributed by atoms with E-state index in [4.69, 9.17) is 5.10 Å². The highest BCUT2D eigenvalue weighted by molar-refractivity contribution is 7.74. The second kappa shape index (κ2) is 11.6. The molecule has 0 aromatic heterocycles. The van der Waals surface area contributed by atoms with Crippen LogP contribution in [0.25, 0.3) is 0 Å². The third kappa shape index (κ3) is 5.72. The molecule has 2 atom stereocenters. The Morgan fingerprint density at radius 2 is 1.03 bits per heavy atom. The smallest absolute Gasteiger partial charge is 0.211 e. The Labute approximate surface area is 218 Å². The van der Waals surface area contributed by atoms with Crippen LogP contribution in [0, 0.1) is 0 Å². The molecular weight excluding hydrogens is 473 g/mol. The second-order valence-corrected chi connectivity index (χ2v) is 11.2. The van der Waals surface area contributed by atoms with Crippen LogP contribution in [0.2, 0.25) is 0 Å². The number of anilines is 2. The molecule has 0 unspecified atom stereocenters. The minimum absolute atomic E-state index is 0.574. The summed E-state index contributed by atoms with van der Waals surface area (Å²) >= 11 is 0. The predicted molar refractivity (Wildman–Crippen MR) is 156 cm³/mol. The minimum Gasteiger partial charge on any atom is -0.332 e. The summed E-state index contributed by atoms with van der Waals surface area (Å²) in [6.07, 6.45) is 0. The quantitative estimate of drug-likeness (QED) is 0.122. The van der Waals surface area contributed by atoms with Crippen molar-refractivity contribution in [2.45, 2.75) is 5.66 Å². The first-order chi connectivity index (χ1) is 18.2. The van der Waals surface area contributed by atoms with E-state index < -0.39 is 13.0 Å². The van der Waals surface area contributed by atoms with Gasteiger partial charge in [0, 0.05) is 11.0 Å². The van der Waals surface area contributed by atoms with Gasteiger partial charge in [-0.2, -0.15) is 5.10 Å². The number of hydrazone groups is 1. The Morgan fingerprint density at radius 3 is 1.59 bits per heavy atom. The molecule has 0 aliphatic carbocycles. The molecule has 0 amide bonds. The van der Waals surface area contributed by atoms with Gasteiger partial charge in [-0.25, -0.2) is 0 Å². The number of para-hydroxylation sites is 2. The minimum atomic E-state index is -3.39. The lowest BCUT2D eigenvalue weighted by Crippen LogP contribution is -2.25. The molecule has 0 saturated heterocycles. The summed E-state index contributed by atoms with van der Waals surface area (Å²) in [6.45, 7) is 0. The van der Waals surface area contributed by atoms with Gasteiger partial charge < -0.3 is 5.09 Å². The van der Waals surface area contributed by atoms with E-state index in [1.165, 1.54) is 0 Å². The van der Waals surface area contributed by atoms with Crippen LogP contribution < -0.4 is 15.8 Å². The van der Waals surface area contributed by atoms with E-state index in [1.54, 1.807) is 0 Å². The molecule has 4 nitrogen and oxygen atoms in total. The van der Waals surface area contributed by atoms with Gasteiger partial charge in [0.05, 0.1) is 11.4 Å². The van der Waals surface area contributed by atoms with Crippen LogP contribution in [0.5, 0.6) is 0 Å². The molecule has 5 aromatic carbocycles. The molecule has 0 bridgehead atoms. The summed E-state index contributed by atoms with van der Waals surface area (Å²) in [7, 11) is -3.39. The molecule has 0 heterocycles. The van der Waals surface area contributed by atoms with Gasteiger partial charge in [-0.1, -0.05) is 115 Å². The highest BCUT2D eigenvalue weighted by Gasteiger charge is 2.40. The summed E-state index contributed by atoms with van der Waals surface area (Å²) in [6, 6.07) is 49.1. The lowest BCUT2D eigenvalue weighted by Gasteiger charge is -2.31. The third-order valence-corrected chi connectivity index (χ3v) is 9.02. The first-order valence-electron chi connectivity index (χ1n) is 12.2. The van der Waals surface area contributed by atoms with E-state index in [1.807, 2.05) is 152 Å². The normalized spacial score (nSPS) is 13.8. The highest BCUT2D eigenvalue weighted by Crippen LogP contribution is 2.59.